The number of hydrogen-bond acceptors (Lipinski definition) is 4. The van der Waals surface area contributed by atoms with Crippen molar-refractivity contribution in [2.45, 2.75) is 44.7 Å². The minimum atomic E-state index is -0.249. The maximum absolute atomic E-state index is 12.1. The molecule has 1 atom stereocenters. The van der Waals surface area contributed by atoms with Gasteiger partial charge in [0.2, 0.25) is 0 Å². The molecule has 1 aliphatic rings. The number of terminal acetylenes is 1. The number of rotatable bonds is 5. The summed E-state index contributed by atoms with van der Waals surface area (Å²) in [6, 6.07) is 0.0842. The number of hydrogen-bond donors (Lipinski definition) is 2. The Kier molecular flexibility index (Phi) is 5.13. The summed E-state index contributed by atoms with van der Waals surface area (Å²) < 4.78 is 1.79. The van der Waals surface area contributed by atoms with Crippen LogP contribution in [0.2, 0.25) is 0 Å². The van der Waals surface area contributed by atoms with Gasteiger partial charge in [-0.05, 0) is 32.4 Å². The molecule has 1 fully saturated rings. The molecule has 2 N–H and O–H groups in total. The zero-order chi connectivity index (χ0) is 14.4. The van der Waals surface area contributed by atoms with Crippen molar-refractivity contribution in [3.05, 3.63) is 11.9 Å². The van der Waals surface area contributed by atoms with E-state index in [1.165, 1.54) is 0 Å². The van der Waals surface area contributed by atoms with Crippen LogP contribution >= 0.6 is 0 Å². The average Bonchev–Trinajstić information content (AvgIpc) is 2.97. The van der Waals surface area contributed by atoms with Crippen LogP contribution < -0.4 is 10.6 Å². The van der Waals surface area contributed by atoms with E-state index in [1.807, 2.05) is 6.92 Å². The number of carbonyl (C=O) groups is 1. The van der Waals surface area contributed by atoms with Crippen molar-refractivity contribution in [2.75, 3.05) is 13.1 Å². The summed E-state index contributed by atoms with van der Waals surface area (Å²) in [6.45, 7) is 3.98. The molecule has 6 nitrogen and oxygen atoms in total. The SMILES string of the molecule is C#CC(CCC)NC(=O)c1cn(C2CCNCC2)nn1. The third kappa shape index (κ3) is 3.58. The third-order valence-corrected chi connectivity index (χ3v) is 3.51. The Labute approximate surface area is 119 Å². The highest BCUT2D eigenvalue weighted by molar-refractivity contribution is 5.92. The van der Waals surface area contributed by atoms with Gasteiger partial charge < -0.3 is 10.6 Å². The van der Waals surface area contributed by atoms with E-state index in [-0.39, 0.29) is 11.9 Å². The molecule has 0 spiro atoms. The standard InChI is InChI=1S/C14H21N5O/c1-3-5-11(4-2)16-14(20)13-10-19(18-17-13)12-6-8-15-9-7-12/h2,10-12,15H,3,5-9H2,1H3,(H,16,20). The molecule has 0 bridgehead atoms. The number of nitrogens with zero attached hydrogens (tertiary/aromatic N) is 3. The first-order chi connectivity index (χ1) is 9.74. The van der Waals surface area contributed by atoms with Crippen LogP contribution in [0, 0.1) is 12.3 Å². The predicted molar refractivity (Wildman–Crippen MR) is 76.2 cm³/mol. The van der Waals surface area contributed by atoms with Crippen molar-refractivity contribution in [1.82, 2.24) is 25.6 Å². The molecule has 1 aromatic rings. The van der Waals surface area contributed by atoms with Crippen molar-refractivity contribution < 1.29 is 4.79 Å². The molecule has 2 rings (SSSR count). The fourth-order valence-electron chi connectivity index (χ4n) is 2.35. The van der Waals surface area contributed by atoms with E-state index < -0.39 is 0 Å². The predicted octanol–water partition coefficient (Wildman–Crippen LogP) is 0.734. The van der Waals surface area contributed by atoms with Gasteiger partial charge in [-0.2, -0.15) is 0 Å². The fraction of sp³-hybridized carbons (Fsp3) is 0.643. The lowest BCUT2D eigenvalue weighted by atomic mass is 10.1. The maximum atomic E-state index is 12.1. The van der Waals surface area contributed by atoms with Gasteiger partial charge in [-0.3, -0.25) is 4.79 Å². The van der Waals surface area contributed by atoms with Crippen LogP contribution in [0.1, 0.15) is 49.1 Å². The Morgan fingerprint density at radius 1 is 1.65 bits per heavy atom. The Morgan fingerprint density at radius 3 is 3.05 bits per heavy atom. The van der Waals surface area contributed by atoms with Gasteiger partial charge in [0.05, 0.1) is 18.3 Å². The molecule has 1 aromatic heterocycles. The molecule has 0 aliphatic carbocycles. The zero-order valence-corrected chi connectivity index (χ0v) is 11.8. The second kappa shape index (κ2) is 7.06. The van der Waals surface area contributed by atoms with Gasteiger partial charge in [0.15, 0.2) is 5.69 Å². The van der Waals surface area contributed by atoms with Crippen molar-refractivity contribution in [2.24, 2.45) is 0 Å². The Balaban J connectivity index is 1.97. The number of amides is 1. The van der Waals surface area contributed by atoms with E-state index in [1.54, 1.807) is 10.9 Å². The van der Waals surface area contributed by atoms with E-state index in [9.17, 15) is 4.79 Å². The van der Waals surface area contributed by atoms with Crippen LogP contribution in [0.4, 0.5) is 0 Å². The normalized spacial score (nSPS) is 17.4. The van der Waals surface area contributed by atoms with Crippen molar-refractivity contribution in [3.63, 3.8) is 0 Å². The van der Waals surface area contributed by atoms with E-state index >= 15 is 0 Å². The van der Waals surface area contributed by atoms with Crippen molar-refractivity contribution in [3.8, 4) is 12.3 Å². The monoisotopic (exact) mass is 275 g/mol. The number of piperidine rings is 1. The highest BCUT2D eigenvalue weighted by Gasteiger charge is 2.19. The molecule has 108 valence electrons. The van der Waals surface area contributed by atoms with Crippen LogP contribution in [0.5, 0.6) is 0 Å². The summed E-state index contributed by atoms with van der Waals surface area (Å²) in [6.07, 6.45) is 10.8. The van der Waals surface area contributed by atoms with Gasteiger partial charge in [0.1, 0.15) is 0 Å². The molecule has 2 heterocycles. The molecular weight excluding hydrogens is 254 g/mol. The maximum Gasteiger partial charge on any atom is 0.274 e. The number of nitrogens with one attached hydrogen (secondary N) is 2. The largest absolute Gasteiger partial charge is 0.337 e. The second-order valence-corrected chi connectivity index (χ2v) is 5.05. The highest BCUT2D eigenvalue weighted by Crippen LogP contribution is 2.17. The van der Waals surface area contributed by atoms with Gasteiger partial charge in [-0.25, -0.2) is 4.68 Å². The molecule has 0 saturated carbocycles. The molecule has 0 aromatic carbocycles. The molecule has 6 heteroatoms. The van der Waals surface area contributed by atoms with Crippen molar-refractivity contribution in [1.29, 1.82) is 0 Å². The van der Waals surface area contributed by atoms with Crippen LogP contribution in [0.3, 0.4) is 0 Å². The Bertz CT molecular complexity index is 484. The Morgan fingerprint density at radius 2 is 2.40 bits per heavy atom. The van der Waals surface area contributed by atoms with Crippen molar-refractivity contribution >= 4 is 5.91 Å². The van der Waals surface area contributed by atoms with Gasteiger partial charge in [-0.15, -0.1) is 11.5 Å². The summed E-state index contributed by atoms with van der Waals surface area (Å²) in [5, 5.41) is 14.1. The Hall–Kier alpha value is -1.87. The smallest absolute Gasteiger partial charge is 0.274 e. The first-order valence-electron chi connectivity index (χ1n) is 7.14. The first-order valence-corrected chi connectivity index (χ1v) is 7.14. The highest BCUT2D eigenvalue weighted by atomic mass is 16.2. The molecule has 1 unspecified atom stereocenters. The average molecular weight is 275 g/mol. The minimum Gasteiger partial charge on any atom is -0.337 e. The molecule has 0 radical (unpaired) electrons. The van der Waals surface area contributed by atoms with Crippen LogP contribution in [-0.4, -0.2) is 40.0 Å². The van der Waals surface area contributed by atoms with Crippen LogP contribution in [-0.2, 0) is 0 Å². The number of aromatic nitrogens is 3. The topological polar surface area (TPSA) is 71.8 Å². The quantitative estimate of drug-likeness (QED) is 0.777. The third-order valence-electron chi connectivity index (χ3n) is 3.51. The van der Waals surface area contributed by atoms with E-state index in [0.717, 1.165) is 38.8 Å². The summed E-state index contributed by atoms with van der Waals surface area (Å²) in [5.41, 5.74) is 0.333. The first kappa shape index (κ1) is 14.5. The minimum absolute atomic E-state index is 0.239. The summed E-state index contributed by atoms with van der Waals surface area (Å²) in [7, 11) is 0. The number of carbonyl (C=O) groups excluding carboxylic acids is 1. The van der Waals surface area contributed by atoms with Crippen LogP contribution in [0.25, 0.3) is 0 Å². The fourth-order valence-corrected chi connectivity index (χ4v) is 2.35. The lowest BCUT2D eigenvalue weighted by molar-refractivity contribution is 0.0939. The lowest BCUT2D eigenvalue weighted by Crippen LogP contribution is -2.33. The lowest BCUT2D eigenvalue weighted by Gasteiger charge is -2.22. The van der Waals surface area contributed by atoms with Gasteiger partial charge in [-0.1, -0.05) is 24.5 Å². The van der Waals surface area contributed by atoms with Gasteiger partial charge in [0.25, 0.3) is 5.91 Å². The molecule has 20 heavy (non-hydrogen) atoms. The molecule has 1 saturated heterocycles. The van der Waals surface area contributed by atoms with E-state index in [4.69, 9.17) is 6.42 Å². The van der Waals surface area contributed by atoms with E-state index in [2.05, 4.69) is 26.9 Å². The second-order valence-electron chi connectivity index (χ2n) is 5.05. The summed E-state index contributed by atoms with van der Waals surface area (Å²) >= 11 is 0. The van der Waals surface area contributed by atoms with Crippen LogP contribution in [0.15, 0.2) is 6.20 Å². The van der Waals surface area contributed by atoms with Gasteiger partial charge >= 0.3 is 0 Å². The van der Waals surface area contributed by atoms with Gasteiger partial charge in [0, 0.05) is 0 Å². The van der Waals surface area contributed by atoms with E-state index in [0.29, 0.717) is 11.7 Å². The molecule has 1 aliphatic heterocycles. The molecular formula is C14H21N5O. The summed E-state index contributed by atoms with van der Waals surface area (Å²) in [4.78, 5) is 12.1. The zero-order valence-electron chi connectivity index (χ0n) is 11.8. The summed E-state index contributed by atoms with van der Waals surface area (Å²) in [5.74, 6) is 2.33. The molecule has 1 amide bonds.